The van der Waals surface area contributed by atoms with E-state index < -0.39 is 0 Å². The maximum atomic E-state index is 12.6. The zero-order valence-electron chi connectivity index (χ0n) is 13.9. The van der Waals surface area contributed by atoms with Crippen molar-refractivity contribution in [2.24, 2.45) is 0 Å². The van der Waals surface area contributed by atoms with Crippen LogP contribution in [0, 0.1) is 0 Å². The second-order valence-corrected chi connectivity index (χ2v) is 7.36. The van der Waals surface area contributed by atoms with Crippen LogP contribution in [0.3, 0.4) is 0 Å². The number of rotatable bonds is 2. The number of hydrogen-bond acceptors (Lipinski definition) is 6. The van der Waals surface area contributed by atoms with Gasteiger partial charge in [-0.25, -0.2) is 4.98 Å². The molecular weight excluding hydrogens is 334 g/mol. The van der Waals surface area contributed by atoms with Crippen molar-refractivity contribution in [2.45, 2.75) is 13.0 Å². The second kappa shape index (κ2) is 6.02. The molecule has 2 aromatic heterocycles. The number of nitrogens with zero attached hydrogens (tertiary/aromatic N) is 2. The van der Waals surface area contributed by atoms with Crippen molar-refractivity contribution in [3.63, 3.8) is 0 Å². The Bertz CT molecular complexity index is 981. The number of carbonyl (C=O) groups is 1. The van der Waals surface area contributed by atoms with E-state index in [9.17, 15) is 4.79 Å². The topological polar surface area (TPSA) is 97.3 Å². The van der Waals surface area contributed by atoms with Crippen LogP contribution in [0.5, 0.6) is 0 Å². The highest BCUT2D eigenvalue weighted by atomic mass is 32.1. The van der Waals surface area contributed by atoms with Gasteiger partial charge in [0.2, 0.25) is 0 Å². The Morgan fingerprint density at radius 3 is 2.96 bits per heavy atom. The molecule has 128 valence electrons. The fourth-order valence-electron chi connectivity index (χ4n) is 3.11. The summed E-state index contributed by atoms with van der Waals surface area (Å²) in [4.78, 5) is 20.9. The van der Waals surface area contributed by atoms with Crippen molar-refractivity contribution in [1.29, 1.82) is 0 Å². The number of anilines is 3. The lowest BCUT2D eigenvalue weighted by Gasteiger charge is -2.24. The predicted octanol–water partition coefficient (Wildman–Crippen LogP) is 2.70. The number of fused-ring (bicyclic) bond motifs is 2. The van der Waals surface area contributed by atoms with Crippen molar-refractivity contribution in [2.75, 3.05) is 30.4 Å². The average molecular weight is 353 g/mol. The zero-order valence-corrected chi connectivity index (χ0v) is 14.7. The van der Waals surface area contributed by atoms with E-state index in [2.05, 4.69) is 23.3 Å². The quantitative estimate of drug-likeness (QED) is 0.616. The highest BCUT2D eigenvalue weighted by Crippen LogP contribution is 2.35. The average Bonchev–Trinajstić information content (AvgIpc) is 2.89. The van der Waals surface area contributed by atoms with E-state index in [1.54, 1.807) is 24.3 Å². The first-order valence-corrected chi connectivity index (χ1v) is 8.89. The number of nitrogen functional groups attached to an aromatic ring is 2. The molecule has 25 heavy (non-hydrogen) atoms. The van der Waals surface area contributed by atoms with Crippen LogP contribution < -0.4 is 16.8 Å². The highest BCUT2D eigenvalue weighted by Gasteiger charge is 2.21. The summed E-state index contributed by atoms with van der Waals surface area (Å²) in [7, 11) is 2.09. The van der Waals surface area contributed by atoms with E-state index in [1.165, 1.54) is 16.9 Å². The van der Waals surface area contributed by atoms with Crippen LogP contribution in [0.15, 0.2) is 30.3 Å². The van der Waals surface area contributed by atoms with Crippen molar-refractivity contribution in [3.8, 4) is 0 Å². The van der Waals surface area contributed by atoms with Gasteiger partial charge >= 0.3 is 0 Å². The largest absolute Gasteiger partial charge is 0.399 e. The molecule has 3 aromatic rings. The summed E-state index contributed by atoms with van der Waals surface area (Å²) in [5.74, 6) is -0.235. The Morgan fingerprint density at radius 2 is 2.16 bits per heavy atom. The smallest absolute Gasteiger partial charge is 0.267 e. The van der Waals surface area contributed by atoms with Crippen LogP contribution in [0.1, 0.15) is 20.9 Å². The molecular formula is C18H19N5OS. The molecule has 1 amide bonds. The molecule has 0 saturated carbocycles. The number of amides is 1. The molecule has 0 radical (unpaired) electrons. The molecule has 3 heterocycles. The van der Waals surface area contributed by atoms with Gasteiger partial charge in [0.1, 0.15) is 9.71 Å². The van der Waals surface area contributed by atoms with Crippen molar-refractivity contribution in [1.82, 2.24) is 9.88 Å². The summed E-state index contributed by atoms with van der Waals surface area (Å²) in [6.07, 6.45) is 0.921. The van der Waals surface area contributed by atoms with Crippen LogP contribution in [0.25, 0.3) is 10.2 Å². The molecule has 0 bridgehead atoms. The Morgan fingerprint density at radius 1 is 1.32 bits per heavy atom. The van der Waals surface area contributed by atoms with Crippen LogP contribution >= 0.6 is 11.3 Å². The van der Waals surface area contributed by atoms with E-state index in [1.807, 2.05) is 0 Å². The number of thiophene rings is 1. The molecule has 1 aromatic carbocycles. The molecule has 4 rings (SSSR count). The monoisotopic (exact) mass is 353 g/mol. The summed E-state index contributed by atoms with van der Waals surface area (Å²) in [6, 6.07) is 9.16. The zero-order chi connectivity index (χ0) is 17.6. The number of pyridine rings is 1. The molecule has 0 fully saturated rings. The van der Waals surface area contributed by atoms with Crippen LogP contribution in [-0.4, -0.2) is 29.4 Å². The fraction of sp³-hybridized carbons (Fsp3) is 0.222. The molecule has 1 aliphatic heterocycles. The number of benzene rings is 1. The number of nitrogens with two attached hydrogens (primary N) is 2. The molecule has 0 unspecified atom stereocenters. The third kappa shape index (κ3) is 2.92. The van der Waals surface area contributed by atoms with Gasteiger partial charge in [-0.3, -0.25) is 4.79 Å². The summed E-state index contributed by atoms with van der Waals surface area (Å²) in [6.45, 7) is 1.85. The normalized spacial score (nSPS) is 14.4. The molecule has 0 spiro atoms. The maximum absolute atomic E-state index is 12.6. The Labute approximate surface area is 149 Å². The van der Waals surface area contributed by atoms with Gasteiger partial charge in [-0.05, 0) is 36.9 Å². The lowest BCUT2D eigenvalue weighted by molar-refractivity contribution is 0.103. The van der Waals surface area contributed by atoms with Crippen LogP contribution in [0.2, 0.25) is 0 Å². The number of likely N-dealkylation sites (N-methyl/N-ethyl adjacent to an activating group) is 1. The van der Waals surface area contributed by atoms with Gasteiger partial charge < -0.3 is 21.7 Å². The number of hydrogen-bond donors (Lipinski definition) is 3. The van der Waals surface area contributed by atoms with E-state index >= 15 is 0 Å². The molecule has 6 nitrogen and oxygen atoms in total. The molecule has 1 aliphatic rings. The van der Waals surface area contributed by atoms with Gasteiger partial charge in [0.25, 0.3) is 5.91 Å². The van der Waals surface area contributed by atoms with Gasteiger partial charge in [-0.15, -0.1) is 11.3 Å². The Hall–Kier alpha value is -2.64. The van der Waals surface area contributed by atoms with Crippen LogP contribution in [0.4, 0.5) is 17.1 Å². The summed E-state index contributed by atoms with van der Waals surface area (Å²) >= 11 is 1.34. The molecule has 0 atom stereocenters. The summed E-state index contributed by atoms with van der Waals surface area (Å²) in [5.41, 5.74) is 16.1. The minimum Gasteiger partial charge on any atom is -0.399 e. The second-order valence-electron chi connectivity index (χ2n) is 6.36. The highest BCUT2D eigenvalue weighted by molar-refractivity contribution is 7.21. The lowest BCUT2D eigenvalue weighted by Crippen LogP contribution is -2.27. The van der Waals surface area contributed by atoms with Crippen molar-refractivity contribution < 1.29 is 4.79 Å². The molecule has 5 N–H and O–H groups in total. The number of aromatic nitrogens is 1. The minimum absolute atomic E-state index is 0.235. The Balaban J connectivity index is 1.70. The van der Waals surface area contributed by atoms with Crippen molar-refractivity contribution in [3.05, 3.63) is 46.5 Å². The third-order valence-electron chi connectivity index (χ3n) is 4.41. The van der Waals surface area contributed by atoms with E-state index in [0.717, 1.165) is 35.4 Å². The SMILES string of the molecule is CN1CCc2nc3sc(C(=O)Nc4cccc(N)c4)c(N)c3cc2C1. The maximum Gasteiger partial charge on any atom is 0.267 e. The van der Waals surface area contributed by atoms with Gasteiger partial charge in [0, 0.05) is 42.0 Å². The first-order chi connectivity index (χ1) is 12.0. The standard InChI is InChI=1S/C18H19N5OS/c1-23-6-5-14-10(9-23)7-13-15(20)16(25-18(13)22-14)17(24)21-12-4-2-3-11(19)8-12/h2-4,7-8H,5-6,9,19-20H2,1H3,(H,21,24). The molecule has 7 heteroatoms. The van der Waals surface area contributed by atoms with E-state index in [0.29, 0.717) is 21.9 Å². The summed E-state index contributed by atoms with van der Waals surface area (Å²) in [5, 5.41) is 3.71. The fourth-order valence-corrected chi connectivity index (χ4v) is 4.10. The summed E-state index contributed by atoms with van der Waals surface area (Å²) < 4.78 is 0. The van der Waals surface area contributed by atoms with Gasteiger partial charge in [-0.2, -0.15) is 0 Å². The van der Waals surface area contributed by atoms with E-state index in [-0.39, 0.29) is 5.91 Å². The van der Waals surface area contributed by atoms with E-state index in [4.69, 9.17) is 16.5 Å². The van der Waals surface area contributed by atoms with Gasteiger partial charge in [-0.1, -0.05) is 6.07 Å². The van der Waals surface area contributed by atoms with Crippen molar-refractivity contribution >= 4 is 44.5 Å². The molecule has 0 aliphatic carbocycles. The predicted molar refractivity (Wildman–Crippen MR) is 103 cm³/mol. The van der Waals surface area contributed by atoms with Crippen LogP contribution in [-0.2, 0) is 13.0 Å². The Kier molecular flexibility index (Phi) is 3.82. The first-order valence-electron chi connectivity index (χ1n) is 8.07. The lowest BCUT2D eigenvalue weighted by atomic mass is 10.0. The third-order valence-corrected chi connectivity index (χ3v) is 5.52. The van der Waals surface area contributed by atoms with Gasteiger partial charge in [0.05, 0.1) is 5.69 Å². The molecule has 0 saturated heterocycles. The van der Waals surface area contributed by atoms with Gasteiger partial charge in [0.15, 0.2) is 0 Å². The first kappa shape index (κ1) is 15.9. The number of nitrogens with one attached hydrogen (secondary N) is 1. The number of carbonyl (C=O) groups excluding carboxylic acids is 1. The minimum atomic E-state index is -0.235.